The van der Waals surface area contributed by atoms with Crippen LogP contribution >= 0.6 is 46.2 Å². The molecule has 0 aliphatic carbocycles. The lowest BCUT2D eigenvalue weighted by Crippen LogP contribution is -2.71. The molecule has 15 nitrogen and oxygen atoms in total. The number of nitrogens with two attached hydrogens (primary N) is 2. The summed E-state index contributed by atoms with van der Waals surface area (Å²) in [6.45, 7) is 0.747. The summed E-state index contributed by atoms with van der Waals surface area (Å²) < 4.78 is 4.33. The molecule has 5 heterocycles. The van der Waals surface area contributed by atoms with Crippen LogP contribution in [-0.4, -0.2) is 84.8 Å². The highest BCUT2D eigenvalue weighted by atomic mass is 32.2. The van der Waals surface area contributed by atoms with Crippen LogP contribution in [-0.2, 0) is 32.3 Å². The second-order valence-electron chi connectivity index (χ2n) is 8.87. The predicted molar refractivity (Wildman–Crippen MR) is 155 cm³/mol. The third-order valence-corrected chi connectivity index (χ3v) is 10.4. The van der Waals surface area contributed by atoms with Crippen LogP contribution in [0.15, 0.2) is 43.8 Å². The van der Waals surface area contributed by atoms with Crippen molar-refractivity contribution in [2.24, 2.45) is 5.16 Å². The molecular weight excluding hydrogens is 627 g/mol. The van der Waals surface area contributed by atoms with Crippen LogP contribution in [0.25, 0.3) is 0 Å². The lowest BCUT2D eigenvalue weighted by atomic mass is 10.0. The Morgan fingerprint density at radius 3 is 2.83 bits per heavy atom. The summed E-state index contributed by atoms with van der Waals surface area (Å²) in [5, 5.41) is 30.8. The number of thioether (sulfide) groups is 2. The number of oxime groups is 1. The molecule has 0 spiro atoms. The van der Waals surface area contributed by atoms with Crippen LogP contribution in [0.2, 0.25) is 0 Å². The van der Waals surface area contributed by atoms with Gasteiger partial charge in [0, 0.05) is 22.3 Å². The van der Waals surface area contributed by atoms with Gasteiger partial charge in [-0.05, 0) is 5.57 Å². The number of aliphatic hydroxyl groups is 1. The summed E-state index contributed by atoms with van der Waals surface area (Å²) >= 11 is 5.23. The van der Waals surface area contributed by atoms with E-state index < -0.39 is 29.2 Å². The molecule has 1 saturated heterocycles. The molecule has 1 unspecified atom stereocenters. The number of fused-ring (bicyclic) bond motifs is 1. The maximum Gasteiger partial charge on any atom is 0.276 e. The summed E-state index contributed by atoms with van der Waals surface area (Å²) in [6, 6.07) is 0.776. The molecule has 5 rings (SSSR count). The van der Waals surface area contributed by atoms with Crippen LogP contribution in [0.4, 0.5) is 10.9 Å². The van der Waals surface area contributed by atoms with E-state index in [0.717, 1.165) is 26.3 Å². The van der Waals surface area contributed by atoms with Crippen molar-refractivity contribution in [3.05, 3.63) is 45.7 Å². The number of nitrogens with one attached hydrogen (secondary N) is 1. The number of carboxylic acids is 1. The topological polar surface area (TPSA) is 218 Å². The van der Waals surface area contributed by atoms with Gasteiger partial charge in [0.25, 0.3) is 11.8 Å². The van der Waals surface area contributed by atoms with E-state index in [1.807, 2.05) is 16.3 Å². The third-order valence-electron chi connectivity index (χ3n) is 6.25. The van der Waals surface area contributed by atoms with Crippen molar-refractivity contribution in [3.63, 3.8) is 0 Å². The molecule has 2 aliphatic heterocycles. The van der Waals surface area contributed by atoms with Crippen molar-refractivity contribution >= 4 is 80.6 Å². The fourth-order valence-corrected chi connectivity index (χ4v) is 8.26. The normalized spacial score (nSPS) is 18.6. The fourth-order valence-electron chi connectivity index (χ4n) is 4.39. The third kappa shape index (κ3) is 5.95. The van der Waals surface area contributed by atoms with E-state index >= 15 is 0 Å². The smallest absolute Gasteiger partial charge is 0.276 e. The van der Waals surface area contributed by atoms with Crippen molar-refractivity contribution in [2.75, 3.05) is 36.7 Å². The van der Waals surface area contributed by atoms with Gasteiger partial charge in [-0.3, -0.25) is 14.5 Å². The quantitative estimate of drug-likeness (QED) is 0.0575. The summed E-state index contributed by atoms with van der Waals surface area (Å²) in [7, 11) is 1.27. The predicted octanol–water partition coefficient (Wildman–Crippen LogP) is -1.56. The monoisotopic (exact) mass is 651 g/mol. The van der Waals surface area contributed by atoms with Crippen molar-refractivity contribution < 1.29 is 34.1 Å². The summed E-state index contributed by atoms with van der Waals surface area (Å²) in [6.07, 6.45) is 1.81. The number of aliphatic carboxylic acids is 1. The zero-order chi connectivity index (χ0) is 30.0. The first kappa shape index (κ1) is 29.8. The van der Waals surface area contributed by atoms with Gasteiger partial charge >= 0.3 is 0 Å². The number of nitrogens with zero attached hydrogens (tertiary/aromatic N) is 6. The zero-order valence-corrected chi connectivity index (χ0v) is 25.2. The number of amides is 2. The Kier molecular flexibility index (Phi) is 9.02. The van der Waals surface area contributed by atoms with Crippen LogP contribution in [0.3, 0.4) is 0 Å². The lowest BCUT2D eigenvalue weighted by molar-refractivity contribution is -0.767. The molecule has 42 heavy (non-hydrogen) atoms. The molecule has 0 aromatic carbocycles. The van der Waals surface area contributed by atoms with E-state index in [9.17, 15) is 24.6 Å². The highest BCUT2D eigenvalue weighted by Crippen LogP contribution is 2.41. The molecular formula is C23H25N9O6S4. The molecule has 2 aliphatic rings. The number of carbonyl (C=O) groups excluding carboxylic acids is 3. The molecule has 2 atom stereocenters. The van der Waals surface area contributed by atoms with E-state index in [1.54, 1.807) is 10.7 Å². The molecule has 2 amide bonds. The summed E-state index contributed by atoms with van der Waals surface area (Å²) in [4.78, 5) is 52.7. The first-order chi connectivity index (χ1) is 20.2. The van der Waals surface area contributed by atoms with Gasteiger partial charge in [0.1, 0.15) is 36.5 Å². The molecule has 3 aromatic rings. The first-order valence-corrected chi connectivity index (χ1v) is 16.0. The number of carbonyl (C=O) groups is 3. The van der Waals surface area contributed by atoms with Gasteiger partial charge in [0.05, 0.1) is 24.3 Å². The Labute approximate surface area is 255 Å². The highest BCUT2D eigenvalue weighted by Gasteiger charge is 2.53. The molecule has 1 fully saturated rings. The number of rotatable bonds is 12. The number of carboxylic acid groups (broad SMARTS) is 1. The number of nitrogen functional groups attached to an aromatic ring is 2. The fraction of sp³-hybridized carbons (Fsp3) is 0.348. The molecule has 0 radical (unpaired) electrons. The van der Waals surface area contributed by atoms with Crippen LogP contribution in [0.5, 0.6) is 0 Å². The van der Waals surface area contributed by atoms with E-state index in [2.05, 4.69) is 20.4 Å². The zero-order valence-electron chi connectivity index (χ0n) is 22.0. The minimum Gasteiger partial charge on any atom is -0.543 e. The van der Waals surface area contributed by atoms with Crippen molar-refractivity contribution in [2.45, 2.75) is 28.8 Å². The Morgan fingerprint density at radius 2 is 2.14 bits per heavy atom. The maximum atomic E-state index is 13.1. The number of aliphatic hydroxyl groups excluding tert-OH is 1. The standard InChI is InChI=1S/C23H25N9O6S4/c1-38-29-15(13-10-40-22(25)27-13)18(34)28-16-19(35)32-17(21(36)37)11(7-39-20(16)32)8-41-23-26-12(9-42-23)6-30-3-2-14(24)31(30)4-5-33/h2-3,9-10,16,20,24,33H,4-8H2,1H3,(H4,25,27,28,34,36,37)/b29-15-/t16-,20?/m1/s1. The van der Waals surface area contributed by atoms with Crippen LogP contribution in [0.1, 0.15) is 11.4 Å². The van der Waals surface area contributed by atoms with E-state index in [4.69, 9.17) is 16.3 Å². The SMILES string of the molecule is CO/N=C(\C(=O)N[C@@H]1C(=O)N2C(C(=O)[O-])=C(CSc3nc(C[n+]4ccc(N)n4CCO)cs3)CSC12)c1csc(N)n1. The molecule has 6 N–H and O–H groups in total. The average Bonchev–Trinajstić information content (AvgIpc) is 3.69. The first-order valence-electron chi connectivity index (χ1n) is 12.3. The summed E-state index contributed by atoms with van der Waals surface area (Å²) in [5.74, 6) is -1.61. The maximum absolute atomic E-state index is 13.1. The van der Waals surface area contributed by atoms with Crippen molar-refractivity contribution in [1.82, 2.24) is 24.9 Å². The summed E-state index contributed by atoms with van der Waals surface area (Å²) in [5.41, 5.74) is 12.8. The van der Waals surface area contributed by atoms with Gasteiger partial charge in [-0.15, -0.1) is 43.8 Å². The van der Waals surface area contributed by atoms with Gasteiger partial charge in [-0.1, -0.05) is 16.9 Å². The van der Waals surface area contributed by atoms with E-state index in [1.165, 1.54) is 47.4 Å². The number of hydrogen-bond donors (Lipinski definition) is 4. The van der Waals surface area contributed by atoms with E-state index in [0.29, 0.717) is 30.2 Å². The number of hydrogen-bond acceptors (Lipinski definition) is 15. The average molecular weight is 652 g/mol. The highest BCUT2D eigenvalue weighted by molar-refractivity contribution is 8.01. The van der Waals surface area contributed by atoms with Crippen molar-refractivity contribution in [3.8, 4) is 0 Å². The number of thiazole rings is 2. The number of anilines is 2. The number of β-lactam (4-membered cyclic amide) rings is 1. The van der Waals surface area contributed by atoms with Gasteiger partial charge in [0.2, 0.25) is 6.54 Å². The Bertz CT molecular complexity index is 1580. The van der Waals surface area contributed by atoms with E-state index in [-0.39, 0.29) is 34.6 Å². The minimum absolute atomic E-state index is 0.0519. The van der Waals surface area contributed by atoms with Gasteiger partial charge in [-0.25, -0.2) is 9.97 Å². The molecule has 0 bridgehead atoms. The Hall–Kier alpha value is -3.65. The molecule has 222 valence electrons. The molecule has 0 saturated carbocycles. The minimum atomic E-state index is -1.47. The van der Waals surface area contributed by atoms with Crippen LogP contribution in [0, 0.1) is 0 Å². The number of aromatic nitrogens is 4. The second-order valence-corrected chi connectivity index (χ2v) is 12.9. The largest absolute Gasteiger partial charge is 0.543 e. The molecule has 3 aromatic heterocycles. The van der Waals surface area contributed by atoms with Gasteiger partial charge in [0.15, 0.2) is 27.2 Å². The second kappa shape index (κ2) is 12.7. The van der Waals surface area contributed by atoms with Crippen molar-refractivity contribution in [1.29, 1.82) is 0 Å². The Balaban J connectivity index is 1.24. The molecule has 19 heteroatoms. The van der Waals surface area contributed by atoms with Crippen LogP contribution < -0.4 is 26.6 Å². The van der Waals surface area contributed by atoms with Gasteiger partial charge < -0.3 is 36.6 Å². The lowest BCUT2D eigenvalue weighted by Gasteiger charge is -2.50. The van der Waals surface area contributed by atoms with Gasteiger partial charge in [-0.2, -0.15) is 0 Å². The Morgan fingerprint density at radius 1 is 1.33 bits per heavy atom.